The van der Waals surface area contributed by atoms with Crippen LogP contribution in [0.2, 0.25) is 0 Å². The summed E-state index contributed by atoms with van der Waals surface area (Å²) >= 11 is 1.17. The van der Waals surface area contributed by atoms with Gasteiger partial charge in [-0.25, -0.2) is 9.89 Å². The molecule has 8 nitrogen and oxygen atoms in total. The fourth-order valence-electron chi connectivity index (χ4n) is 2.44. The van der Waals surface area contributed by atoms with Crippen LogP contribution < -0.4 is 15.2 Å². The van der Waals surface area contributed by atoms with Crippen LogP contribution in [0.15, 0.2) is 28.2 Å². The standard InChI is InChI=1S/C17H22F2N4O4S/c1-4-7-23-16(25)20-21-17(23)28-10-14(24)22(2)9-11-5-6-12(27-15(18)19)13(8-11)26-3/h5-6,8,15H,4,7,9-10H2,1-3H3,(H,20,25). The van der Waals surface area contributed by atoms with Crippen LogP contribution in [0, 0.1) is 0 Å². The molecule has 0 bridgehead atoms. The molecule has 1 N–H and O–H groups in total. The summed E-state index contributed by atoms with van der Waals surface area (Å²) in [5.41, 5.74) is 0.394. The minimum absolute atomic E-state index is 0.0711. The molecule has 0 fully saturated rings. The molecule has 0 aliphatic heterocycles. The maximum absolute atomic E-state index is 12.4. The molecule has 1 heterocycles. The fourth-order valence-corrected chi connectivity index (χ4v) is 3.35. The molecule has 1 aromatic carbocycles. The zero-order valence-electron chi connectivity index (χ0n) is 15.8. The quantitative estimate of drug-likeness (QED) is 0.598. The number of alkyl halides is 2. The van der Waals surface area contributed by atoms with E-state index in [0.29, 0.717) is 17.3 Å². The molecular formula is C17H22F2N4O4S. The van der Waals surface area contributed by atoms with E-state index in [0.717, 1.165) is 6.42 Å². The monoisotopic (exact) mass is 416 g/mol. The maximum Gasteiger partial charge on any atom is 0.387 e. The zero-order chi connectivity index (χ0) is 20.7. The number of amides is 1. The lowest BCUT2D eigenvalue weighted by molar-refractivity contribution is -0.127. The van der Waals surface area contributed by atoms with Crippen LogP contribution in [0.4, 0.5) is 8.78 Å². The third-order valence-corrected chi connectivity index (χ3v) is 4.75. The molecule has 0 radical (unpaired) electrons. The lowest BCUT2D eigenvalue weighted by Gasteiger charge is -2.18. The van der Waals surface area contributed by atoms with E-state index >= 15 is 0 Å². The summed E-state index contributed by atoms with van der Waals surface area (Å²) in [4.78, 5) is 25.6. The second-order valence-corrected chi connectivity index (χ2v) is 6.81. The molecule has 0 aliphatic rings. The number of aromatic amines is 1. The normalized spacial score (nSPS) is 10.9. The Kier molecular flexibility index (Phi) is 7.85. The Hall–Kier alpha value is -2.56. The van der Waals surface area contributed by atoms with Gasteiger partial charge in [0.25, 0.3) is 0 Å². The van der Waals surface area contributed by atoms with E-state index < -0.39 is 6.61 Å². The van der Waals surface area contributed by atoms with Gasteiger partial charge in [0.2, 0.25) is 5.91 Å². The van der Waals surface area contributed by atoms with Crippen LogP contribution in [-0.2, 0) is 17.9 Å². The van der Waals surface area contributed by atoms with Gasteiger partial charge >= 0.3 is 12.3 Å². The number of H-pyrrole nitrogens is 1. The van der Waals surface area contributed by atoms with Gasteiger partial charge in [-0.2, -0.15) is 8.78 Å². The van der Waals surface area contributed by atoms with Crippen LogP contribution in [0.1, 0.15) is 18.9 Å². The van der Waals surface area contributed by atoms with E-state index in [4.69, 9.17) is 4.74 Å². The van der Waals surface area contributed by atoms with Crippen molar-refractivity contribution in [2.24, 2.45) is 0 Å². The Labute approximate surface area is 164 Å². The number of carbonyl (C=O) groups is 1. The summed E-state index contributed by atoms with van der Waals surface area (Å²) in [5.74, 6) is 0.0236. The van der Waals surface area contributed by atoms with E-state index in [1.165, 1.54) is 34.4 Å². The van der Waals surface area contributed by atoms with Gasteiger partial charge in [0.05, 0.1) is 12.9 Å². The number of nitrogens with zero attached hydrogens (tertiary/aromatic N) is 3. The van der Waals surface area contributed by atoms with Gasteiger partial charge < -0.3 is 14.4 Å². The number of rotatable bonds is 10. The molecule has 28 heavy (non-hydrogen) atoms. The average Bonchev–Trinajstić information content (AvgIpc) is 3.00. The highest BCUT2D eigenvalue weighted by atomic mass is 32.2. The van der Waals surface area contributed by atoms with Crippen molar-refractivity contribution < 1.29 is 23.0 Å². The molecular weight excluding hydrogens is 394 g/mol. The number of benzene rings is 1. The van der Waals surface area contributed by atoms with Crippen LogP contribution in [-0.4, -0.2) is 52.1 Å². The van der Waals surface area contributed by atoms with Crippen molar-refractivity contribution in [2.45, 2.75) is 38.2 Å². The highest BCUT2D eigenvalue weighted by Gasteiger charge is 2.16. The Morgan fingerprint density at radius 3 is 2.79 bits per heavy atom. The van der Waals surface area contributed by atoms with E-state index in [1.54, 1.807) is 19.2 Å². The Balaban J connectivity index is 1.98. The molecule has 0 aliphatic carbocycles. The highest BCUT2D eigenvalue weighted by Crippen LogP contribution is 2.29. The van der Waals surface area contributed by atoms with Gasteiger partial charge in [-0.1, -0.05) is 24.8 Å². The first-order valence-electron chi connectivity index (χ1n) is 8.49. The molecule has 0 saturated heterocycles. The van der Waals surface area contributed by atoms with Crippen molar-refractivity contribution in [3.63, 3.8) is 0 Å². The number of thioether (sulfide) groups is 1. The second-order valence-electron chi connectivity index (χ2n) is 5.87. The number of halogens is 2. The SMILES string of the molecule is CCCn1c(SCC(=O)N(C)Cc2ccc(OC(F)F)c(OC)c2)n[nH]c1=O. The average molecular weight is 416 g/mol. The van der Waals surface area contributed by atoms with Crippen LogP contribution in [0.3, 0.4) is 0 Å². The van der Waals surface area contributed by atoms with E-state index in [-0.39, 0.29) is 35.4 Å². The lowest BCUT2D eigenvalue weighted by atomic mass is 10.2. The Morgan fingerprint density at radius 1 is 1.39 bits per heavy atom. The Bertz CT molecular complexity index is 856. The first-order chi connectivity index (χ1) is 13.3. The van der Waals surface area contributed by atoms with Gasteiger partial charge in [-0.3, -0.25) is 9.36 Å². The molecule has 154 valence electrons. The fraction of sp³-hybridized carbons (Fsp3) is 0.471. The highest BCUT2D eigenvalue weighted by molar-refractivity contribution is 7.99. The molecule has 11 heteroatoms. The topological polar surface area (TPSA) is 89.4 Å². The molecule has 2 aromatic rings. The van der Waals surface area contributed by atoms with Crippen LogP contribution >= 0.6 is 11.8 Å². The van der Waals surface area contributed by atoms with Crippen LogP contribution in [0.5, 0.6) is 11.5 Å². The van der Waals surface area contributed by atoms with Crippen molar-refractivity contribution in [3.05, 3.63) is 34.2 Å². The van der Waals surface area contributed by atoms with Gasteiger partial charge in [0, 0.05) is 20.1 Å². The number of aromatic nitrogens is 3. The predicted octanol–water partition coefficient (Wildman–Crippen LogP) is 2.34. The summed E-state index contributed by atoms with van der Waals surface area (Å²) in [5, 5.41) is 6.77. The van der Waals surface area contributed by atoms with Crippen molar-refractivity contribution >= 4 is 17.7 Å². The van der Waals surface area contributed by atoms with Crippen molar-refractivity contribution in [3.8, 4) is 11.5 Å². The van der Waals surface area contributed by atoms with Crippen molar-refractivity contribution in [1.82, 2.24) is 19.7 Å². The largest absolute Gasteiger partial charge is 0.493 e. The minimum atomic E-state index is -2.95. The first-order valence-corrected chi connectivity index (χ1v) is 9.48. The first kappa shape index (κ1) is 21.7. The van der Waals surface area contributed by atoms with Gasteiger partial charge in [-0.15, -0.1) is 5.10 Å². The van der Waals surface area contributed by atoms with Crippen molar-refractivity contribution in [2.75, 3.05) is 19.9 Å². The number of methoxy groups -OCH3 is 1. The van der Waals surface area contributed by atoms with Crippen molar-refractivity contribution in [1.29, 1.82) is 0 Å². The van der Waals surface area contributed by atoms with Gasteiger partial charge in [-0.05, 0) is 24.1 Å². The number of nitrogens with one attached hydrogen (secondary N) is 1. The maximum atomic E-state index is 12.4. The smallest absolute Gasteiger partial charge is 0.387 e. The second kappa shape index (κ2) is 10.1. The van der Waals surface area contributed by atoms with E-state index in [9.17, 15) is 18.4 Å². The molecule has 0 saturated carbocycles. The zero-order valence-corrected chi connectivity index (χ0v) is 16.6. The van der Waals surface area contributed by atoms with Gasteiger partial charge in [0.15, 0.2) is 16.7 Å². The van der Waals surface area contributed by atoms with Crippen LogP contribution in [0.25, 0.3) is 0 Å². The molecule has 0 unspecified atom stereocenters. The molecule has 1 amide bonds. The summed E-state index contributed by atoms with van der Waals surface area (Å²) in [6.07, 6.45) is 0.772. The minimum Gasteiger partial charge on any atom is -0.493 e. The number of ether oxygens (including phenoxy) is 2. The summed E-state index contributed by atoms with van der Waals surface area (Å²) in [7, 11) is 2.98. The summed E-state index contributed by atoms with van der Waals surface area (Å²) in [6, 6.07) is 4.51. The molecule has 0 atom stereocenters. The summed E-state index contributed by atoms with van der Waals surface area (Å²) in [6.45, 7) is -0.228. The third kappa shape index (κ3) is 5.72. The van der Waals surface area contributed by atoms with Gasteiger partial charge in [0.1, 0.15) is 0 Å². The Morgan fingerprint density at radius 2 is 2.14 bits per heavy atom. The van der Waals surface area contributed by atoms with E-state index in [2.05, 4.69) is 14.9 Å². The predicted molar refractivity (Wildman–Crippen MR) is 100.0 cm³/mol. The molecule has 1 aromatic heterocycles. The number of hydrogen-bond acceptors (Lipinski definition) is 6. The number of carbonyl (C=O) groups excluding carboxylic acids is 1. The summed E-state index contributed by atoms with van der Waals surface area (Å²) < 4.78 is 35.7. The van der Waals surface area contributed by atoms with E-state index in [1.807, 2.05) is 6.92 Å². The third-order valence-electron chi connectivity index (χ3n) is 3.78. The molecule has 0 spiro atoms. The number of hydrogen-bond donors (Lipinski definition) is 1. The molecule has 2 rings (SSSR count). The lowest BCUT2D eigenvalue weighted by Crippen LogP contribution is -2.28.